The van der Waals surface area contributed by atoms with Crippen molar-refractivity contribution >= 4 is 0 Å². The Kier molecular flexibility index (Phi) is 8.62. The maximum absolute atomic E-state index is 15.3. The van der Waals surface area contributed by atoms with Gasteiger partial charge in [0.15, 0.2) is 0 Å². The minimum atomic E-state index is -4.89. The number of fused-ring (bicyclic) bond motifs is 2. The van der Waals surface area contributed by atoms with Gasteiger partial charge >= 0.3 is 11.9 Å². The fraction of sp³-hybridized carbons (Fsp3) is 0.353. The second-order valence-corrected chi connectivity index (χ2v) is 11.7. The van der Waals surface area contributed by atoms with Crippen molar-refractivity contribution in [3.63, 3.8) is 0 Å². The SMILES string of the molecule is COc1cccc(C[C@H]2OC3(CCNCC3)c3c2n(Cc2c(F)cccc2C(F)(F)F)c(=O)n(C[C@H](N)c2ccccc2)c3=O)c1. The third-order valence-electron chi connectivity index (χ3n) is 8.91. The second kappa shape index (κ2) is 12.5. The molecule has 0 radical (unpaired) electrons. The van der Waals surface area contributed by atoms with Crippen LogP contribution < -0.4 is 27.0 Å². The van der Waals surface area contributed by atoms with Crippen LogP contribution >= 0.6 is 0 Å². The van der Waals surface area contributed by atoms with Crippen LogP contribution in [0.15, 0.2) is 82.4 Å². The van der Waals surface area contributed by atoms with Crippen LogP contribution in [-0.2, 0) is 36.0 Å². The number of rotatable bonds is 8. The van der Waals surface area contributed by atoms with Gasteiger partial charge in [0.25, 0.3) is 5.56 Å². The highest BCUT2D eigenvalue weighted by molar-refractivity contribution is 5.38. The summed E-state index contributed by atoms with van der Waals surface area (Å²) in [7, 11) is 1.53. The van der Waals surface area contributed by atoms with Crippen molar-refractivity contribution in [3.05, 3.63) is 133 Å². The second-order valence-electron chi connectivity index (χ2n) is 11.7. The van der Waals surface area contributed by atoms with E-state index < -0.39 is 58.7 Å². The van der Waals surface area contributed by atoms with Gasteiger partial charge in [-0.3, -0.25) is 13.9 Å². The maximum atomic E-state index is 15.3. The van der Waals surface area contributed by atoms with Crippen LogP contribution in [0.2, 0.25) is 0 Å². The summed E-state index contributed by atoms with van der Waals surface area (Å²) >= 11 is 0. The molecule has 1 spiro atoms. The Morgan fingerprint density at radius 3 is 2.43 bits per heavy atom. The first-order valence-corrected chi connectivity index (χ1v) is 15.1. The normalized spacial score (nSPS) is 18.0. The number of nitrogens with two attached hydrogens (primary N) is 1. The van der Waals surface area contributed by atoms with Crippen LogP contribution in [0.5, 0.6) is 5.75 Å². The Morgan fingerprint density at radius 2 is 1.74 bits per heavy atom. The van der Waals surface area contributed by atoms with Crippen LogP contribution in [0.4, 0.5) is 17.6 Å². The number of methoxy groups -OCH3 is 1. The molecule has 0 unspecified atom stereocenters. The molecule has 8 nitrogen and oxygen atoms in total. The molecule has 2 aliphatic heterocycles. The number of nitrogens with zero attached hydrogens (tertiary/aromatic N) is 2. The number of aromatic nitrogens is 2. The van der Waals surface area contributed by atoms with Crippen LogP contribution in [0.25, 0.3) is 0 Å². The summed E-state index contributed by atoms with van der Waals surface area (Å²) in [6.07, 6.45) is -4.81. The molecule has 1 aromatic heterocycles. The number of piperidine rings is 1. The third kappa shape index (κ3) is 5.88. The maximum Gasteiger partial charge on any atom is 0.416 e. The van der Waals surface area contributed by atoms with Gasteiger partial charge < -0.3 is 20.5 Å². The number of alkyl halides is 3. The Morgan fingerprint density at radius 1 is 1.02 bits per heavy atom. The van der Waals surface area contributed by atoms with Gasteiger partial charge in [0.1, 0.15) is 23.3 Å². The summed E-state index contributed by atoms with van der Waals surface area (Å²) in [5.41, 5.74) is 3.73. The van der Waals surface area contributed by atoms with Crippen molar-refractivity contribution in [2.24, 2.45) is 5.73 Å². The lowest BCUT2D eigenvalue weighted by Gasteiger charge is -2.34. The molecule has 242 valence electrons. The molecule has 0 saturated carbocycles. The van der Waals surface area contributed by atoms with Crippen molar-refractivity contribution in [1.29, 1.82) is 0 Å². The van der Waals surface area contributed by atoms with Crippen molar-refractivity contribution in [2.75, 3.05) is 20.2 Å². The Balaban J connectivity index is 1.59. The minimum absolute atomic E-state index is 0.153. The van der Waals surface area contributed by atoms with E-state index in [4.69, 9.17) is 15.2 Å². The Labute approximate surface area is 262 Å². The van der Waals surface area contributed by atoms with E-state index in [1.165, 1.54) is 7.11 Å². The van der Waals surface area contributed by atoms with E-state index in [-0.39, 0.29) is 24.2 Å². The summed E-state index contributed by atoms with van der Waals surface area (Å²) in [6, 6.07) is 18.0. The average molecular weight is 639 g/mol. The van der Waals surface area contributed by atoms with Crippen molar-refractivity contribution < 1.29 is 27.0 Å². The molecule has 0 bridgehead atoms. The zero-order valence-corrected chi connectivity index (χ0v) is 25.1. The van der Waals surface area contributed by atoms with Gasteiger partial charge in [-0.05, 0) is 61.3 Å². The molecule has 0 amide bonds. The fourth-order valence-electron chi connectivity index (χ4n) is 6.67. The van der Waals surface area contributed by atoms with Crippen LogP contribution in [0, 0.1) is 5.82 Å². The van der Waals surface area contributed by atoms with E-state index in [0.717, 1.165) is 32.9 Å². The summed E-state index contributed by atoms with van der Waals surface area (Å²) in [5, 5.41) is 3.26. The smallest absolute Gasteiger partial charge is 0.416 e. The first-order valence-electron chi connectivity index (χ1n) is 15.1. The lowest BCUT2D eigenvalue weighted by Crippen LogP contribution is -2.49. The summed E-state index contributed by atoms with van der Waals surface area (Å²) in [5.74, 6) is -0.537. The van der Waals surface area contributed by atoms with E-state index in [2.05, 4.69) is 5.32 Å². The highest BCUT2D eigenvalue weighted by Crippen LogP contribution is 2.48. The van der Waals surface area contributed by atoms with Crippen LogP contribution in [0.1, 0.15) is 58.5 Å². The fourth-order valence-corrected chi connectivity index (χ4v) is 6.67. The van der Waals surface area contributed by atoms with Crippen molar-refractivity contribution in [3.8, 4) is 5.75 Å². The standard InChI is InChI=1S/C34H34F4N4O4/c1-45-23-10-5-7-21(17-23)18-28-30-29(33(46-28)13-15-40-16-14-33)31(43)42(20-27(39)22-8-3-2-4-9-22)32(44)41(30)19-24-25(34(36,37)38)11-6-12-26(24)35/h2-12,17,27-28,40H,13-16,18-20,39H2,1H3/t27-,28+/m0/s1. The highest BCUT2D eigenvalue weighted by Gasteiger charge is 2.50. The number of halogens is 4. The number of hydrogen-bond donors (Lipinski definition) is 2. The lowest BCUT2D eigenvalue weighted by atomic mass is 9.85. The van der Waals surface area contributed by atoms with Crippen molar-refractivity contribution in [1.82, 2.24) is 14.5 Å². The molecule has 2 atom stereocenters. The molecule has 2 aliphatic rings. The first-order chi connectivity index (χ1) is 22.0. The van der Waals surface area contributed by atoms with E-state index in [1.807, 2.05) is 6.07 Å². The van der Waals surface area contributed by atoms with Gasteiger partial charge in [-0.1, -0.05) is 48.5 Å². The molecule has 4 aromatic rings. The summed E-state index contributed by atoms with van der Waals surface area (Å²) in [6.45, 7) is 0.0149. The van der Waals surface area contributed by atoms with Gasteiger partial charge in [-0.15, -0.1) is 0 Å². The summed E-state index contributed by atoms with van der Waals surface area (Å²) < 4.78 is 71.9. The zero-order valence-electron chi connectivity index (χ0n) is 25.1. The molecule has 3 aromatic carbocycles. The first kappa shape index (κ1) is 31.7. The number of benzene rings is 3. The molecule has 1 fully saturated rings. The Hall–Kier alpha value is -4.26. The molecule has 46 heavy (non-hydrogen) atoms. The predicted molar refractivity (Wildman–Crippen MR) is 163 cm³/mol. The van der Waals surface area contributed by atoms with Gasteiger partial charge in [-0.25, -0.2) is 9.18 Å². The molecular weight excluding hydrogens is 604 g/mol. The van der Waals surface area contributed by atoms with Gasteiger partial charge in [0.2, 0.25) is 0 Å². The predicted octanol–water partition coefficient (Wildman–Crippen LogP) is 4.82. The minimum Gasteiger partial charge on any atom is -0.497 e. The van der Waals surface area contributed by atoms with Gasteiger partial charge in [0.05, 0.1) is 37.0 Å². The molecule has 6 rings (SSSR count). The quantitative estimate of drug-likeness (QED) is 0.269. The molecular formula is C34H34F4N4O4. The topological polar surface area (TPSA) is 101 Å². The number of ether oxygens (including phenoxy) is 2. The average Bonchev–Trinajstić information content (AvgIpc) is 3.34. The number of nitrogens with one attached hydrogen (secondary N) is 1. The molecule has 0 aliphatic carbocycles. The third-order valence-corrected chi connectivity index (χ3v) is 8.91. The lowest BCUT2D eigenvalue weighted by molar-refractivity contribution is -0.138. The molecule has 3 heterocycles. The summed E-state index contributed by atoms with van der Waals surface area (Å²) in [4.78, 5) is 28.8. The van der Waals surface area contributed by atoms with Crippen molar-refractivity contribution in [2.45, 2.75) is 56.3 Å². The van der Waals surface area contributed by atoms with Crippen LogP contribution in [-0.4, -0.2) is 29.3 Å². The van der Waals surface area contributed by atoms with E-state index in [9.17, 15) is 22.8 Å². The van der Waals surface area contributed by atoms with E-state index in [0.29, 0.717) is 37.2 Å². The van der Waals surface area contributed by atoms with E-state index >= 15 is 4.39 Å². The van der Waals surface area contributed by atoms with Gasteiger partial charge in [0, 0.05) is 18.0 Å². The zero-order chi connectivity index (χ0) is 32.6. The Bertz CT molecular complexity index is 1850. The van der Waals surface area contributed by atoms with E-state index in [1.54, 1.807) is 48.5 Å². The molecule has 12 heteroatoms. The molecule has 3 N–H and O–H groups in total. The number of hydrogen-bond acceptors (Lipinski definition) is 6. The molecule has 1 saturated heterocycles. The largest absolute Gasteiger partial charge is 0.497 e. The van der Waals surface area contributed by atoms with Crippen LogP contribution in [0.3, 0.4) is 0 Å². The highest BCUT2D eigenvalue weighted by atomic mass is 19.4. The van der Waals surface area contributed by atoms with Gasteiger partial charge in [-0.2, -0.15) is 13.2 Å². The monoisotopic (exact) mass is 638 g/mol.